The highest BCUT2D eigenvalue weighted by molar-refractivity contribution is 5.72. The van der Waals surface area contributed by atoms with Crippen molar-refractivity contribution in [1.82, 2.24) is 29.5 Å². The third kappa shape index (κ3) is 3.27. The van der Waals surface area contributed by atoms with Crippen LogP contribution in [0.2, 0.25) is 0 Å². The number of nitriles is 1. The van der Waals surface area contributed by atoms with E-state index in [1.807, 2.05) is 24.5 Å². The van der Waals surface area contributed by atoms with Crippen LogP contribution >= 0.6 is 0 Å². The zero-order chi connectivity index (χ0) is 20.5. The monoisotopic (exact) mass is 400 g/mol. The number of fused-ring (bicyclic) bond motifs is 1. The molecule has 1 fully saturated rings. The Morgan fingerprint density at radius 3 is 2.80 bits per heavy atom. The topological polar surface area (TPSA) is 99.4 Å². The van der Waals surface area contributed by atoms with Crippen LogP contribution in [-0.2, 0) is 6.54 Å². The van der Waals surface area contributed by atoms with Gasteiger partial charge in [-0.2, -0.15) is 10.4 Å². The molecule has 9 heteroatoms. The number of aryl methyl sites for hydroxylation is 1. The Bertz CT molecular complexity index is 1220. The number of aromatic nitrogens is 5. The highest BCUT2D eigenvalue weighted by Crippen LogP contribution is 2.26. The first-order chi connectivity index (χ1) is 14.7. The first-order valence-corrected chi connectivity index (χ1v) is 9.79. The van der Waals surface area contributed by atoms with Gasteiger partial charge in [-0.25, -0.2) is 14.5 Å². The van der Waals surface area contributed by atoms with Crippen LogP contribution in [0.25, 0.3) is 17.1 Å². The van der Waals surface area contributed by atoms with Crippen LogP contribution in [0, 0.1) is 18.3 Å². The molecule has 1 saturated heterocycles. The lowest BCUT2D eigenvalue weighted by Gasteiger charge is -2.35. The molecule has 5 rings (SSSR count). The predicted molar refractivity (Wildman–Crippen MR) is 110 cm³/mol. The Morgan fingerprint density at radius 1 is 1.20 bits per heavy atom. The number of hydrogen-bond acceptors (Lipinski definition) is 8. The van der Waals surface area contributed by atoms with Crippen LogP contribution in [0.3, 0.4) is 0 Å². The standard InChI is InChI=1S/C21H20N8O/c1-15-3-2-5-24-17(15)13-27-7-9-28(10-8-27)19-4-6-29-21(25-19)16(11-22)20(26-29)18-12-23-14-30-18/h2-6,12,14H,7-10,13H2,1H3. The summed E-state index contributed by atoms with van der Waals surface area (Å²) in [5, 5.41) is 14.1. The van der Waals surface area contributed by atoms with Crippen molar-refractivity contribution >= 4 is 11.5 Å². The van der Waals surface area contributed by atoms with Crippen LogP contribution in [0.1, 0.15) is 16.8 Å². The number of pyridine rings is 1. The fourth-order valence-corrected chi connectivity index (χ4v) is 3.73. The number of piperazine rings is 1. The number of anilines is 1. The lowest BCUT2D eigenvalue weighted by molar-refractivity contribution is 0.246. The minimum atomic E-state index is 0.387. The molecule has 0 bridgehead atoms. The van der Waals surface area contributed by atoms with E-state index in [0.717, 1.165) is 44.2 Å². The maximum absolute atomic E-state index is 9.67. The number of rotatable bonds is 4. The van der Waals surface area contributed by atoms with Crippen molar-refractivity contribution in [3.8, 4) is 17.5 Å². The molecule has 1 aliphatic heterocycles. The van der Waals surface area contributed by atoms with E-state index in [0.29, 0.717) is 22.7 Å². The summed E-state index contributed by atoms with van der Waals surface area (Å²) in [5.74, 6) is 1.30. The predicted octanol–water partition coefficient (Wildman–Crippen LogP) is 2.28. The molecule has 4 aromatic rings. The maximum atomic E-state index is 9.67. The van der Waals surface area contributed by atoms with Gasteiger partial charge in [0.15, 0.2) is 17.8 Å². The Kier molecular flexibility index (Phi) is 4.61. The largest absolute Gasteiger partial charge is 0.442 e. The normalized spacial score (nSPS) is 14.9. The lowest BCUT2D eigenvalue weighted by atomic mass is 10.2. The summed E-state index contributed by atoms with van der Waals surface area (Å²) in [6.07, 6.45) is 6.56. The molecular weight excluding hydrogens is 380 g/mol. The minimum absolute atomic E-state index is 0.387. The zero-order valence-electron chi connectivity index (χ0n) is 16.6. The van der Waals surface area contributed by atoms with E-state index < -0.39 is 0 Å². The van der Waals surface area contributed by atoms with E-state index >= 15 is 0 Å². The third-order valence-electron chi connectivity index (χ3n) is 5.44. The first kappa shape index (κ1) is 18.3. The van der Waals surface area contributed by atoms with E-state index in [1.54, 1.807) is 10.7 Å². The number of oxazole rings is 1. The molecule has 0 saturated carbocycles. The highest BCUT2D eigenvalue weighted by Gasteiger charge is 2.22. The maximum Gasteiger partial charge on any atom is 0.181 e. The molecule has 0 N–H and O–H groups in total. The molecular formula is C21H20N8O. The van der Waals surface area contributed by atoms with Gasteiger partial charge in [0.25, 0.3) is 0 Å². The Labute approximate surface area is 173 Å². The van der Waals surface area contributed by atoms with Crippen molar-refractivity contribution < 1.29 is 4.42 Å². The minimum Gasteiger partial charge on any atom is -0.442 e. The quantitative estimate of drug-likeness (QED) is 0.514. The van der Waals surface area contributed by atoms with Gasteiger partial charge in [-0.15, -0.1) is 0 Å². The van der Waals surface area contributed by atoms with Crippen molar-refractivity contribution in [2.75, 3.05) is 31.1 Å². The summed E-state index contributed by atoms with van der Waals surface area (Å²) in [6.45, 7) is 6.53. The summed E-state index contributed by atoms with van der Waals surface area (Å²) in [5.41, 5.74) is 3.71. The summed E-state index contributed by atoms with van der Waals surface area (Å²) in [6, 6.07) is 8.21. The average molecular weight is 400 g/mol. The highest BCUT2D eigenvalue weighted by atomic mass is 16.3. The molecule has 9 nitrogen and oxygen atoms in total. The SMILES string of the molecule is Cc1cccnc1CN1CCN(c2ccn3nc(-c4cnco4)c(C#N)c3n2)CC1. The van der Waals surface area contributed by atoms with Gasteiger partial charge in [-0.3, -0.25) is 9.88 Å². The fraction of sp³-hybridized carbons (Fsp3) is 0.286. The van der Waals surface area contributed by atoms with E-state index in [4.69, 9.17) is 9.40 Å². The Hall–Kier alpha value is -3.77. The van der Waals surface area contributed by atoms with Gasteiger partial charge in [-0.05, 0) is 24.6 Å². The van der Waals surface area contributed by atoms with Gasteiger partial charge in [0, 0.05) is 45.1 Å². The van der Waals surface area contributed by atoms with Gasteiger partial charge in [0.1, 0.15) is 23.1 Å². The molecule has 0 amide bonds. The first-order valence-electron chi connectivity index (χ1n) is 9.79. The molecule has 1 aliphatic rings. The Morgan fingerprint density at radius 2 is 2.07 bits per heavy atom. The van der Waals surface area contributed by atoms with Crippen LogP contribution in [0.5, 0.6) is 0 Å². The van der Waals surface area contributed by atoms with E-state index in [1.165, 1.54) is 12.0 Å². The van der Waals surface area contributed by atoms with Gasteiger partial charge in [0.05, 0.1) is 11.9 Å². The average Bonchev–Trinajstić information content (AvgIpc) is 3.43. The van der Waals surface area contributed by atoms with Crippen molar-refractivity contribution in [3.05, 3.63) is 60.0 Å². The molecule has 0 aliphatic carbocycles. The van der Waals surface area contributed by atoms with Crippen LogP contribution in [-0.4, -0.2) is 55.6 Å². The van der Waals surface area contributed by atoms with E-state index in [9.17, 15) is 5.26 Å². The Balaban J connectivity index is 1.35. The number of hydrogen-bond donors (Lipinski definition) is 0. The van der Waals surface area contributed by atoms with Crippen molar-refractivity contribution in [2.24, 2.45) is 0 Å². The molecule has 150 valence electrons. The summed E-state index contributed by atoms with van der Waals surface area (Å²) in [4.78, 5) is 17.8. The zero-order valence-corrected chi connectivity index (χ0v) is 16.6. The molecule has 4 aromatic heterocycles. The van der Waals surface area contributed by atoms with Gasteiger partial charge >= 0.3 is 0 Å². The van der Waals surface area contributed by atoms with Gasteiger partial charge in [0.2, 0.25) is 0 Å². The molecule has 0 aromatic carbocycles. The third-order valence-corrected chi connectivity index (χ3v) is 5.44. The summed E-state index contributed by atoms with van der Waals surface area (Å²) < 4.78 is 6.93. The van der Waals surface area contributed by atoms with Crippen molar-refractivity contribution in [1.29, 1.82) is 5.26 Å². The molecule has 5 heterocycles. The smallest absolute Gasteiger partial charge is 0.181 e. The molecule has 0 unspecified atom stereocenters. The fourth-order valence-electron chi connectivity index (χ4n) is 3.73. The lowest BCUT2D eigenvalue weighted by Crippen LogP contribution is -2.46. The molecule has 0 atom stereocenters. The van der Waals surface area contributed by atoms with Crippen LogP contribution in [0.4, 0.5) is 5.82 Å². The second-order valence-corrected chi connectivity index (χ2v) is 7.29. The molecule has 30 heavy (non-hydrogen) atoms. The second kappa shape index (κ2) is 7.57. The molecule has 0 spiro atoms. The number of nitrogens with zero attached hydrogens (tertiary/aromatic N) is 8. The van der Waals surface area contributed by atoms with Gasteiger partial charge in [-0.1, -0.05) is 6.07 Å². The van der Waals surface area contributed by atoms with Gasteiger partial charge < -0.3 is 9.32 Å². The second-order valence-electron chi connectivity index (χ2n) is 7.29. The summed E-state index contributed by atoms with van der Waals surface area (Å²) in [7, 11) is 0. The van der Waals surface area contributed by atoms with Crippen molar-refractivity contribution in [3.63, 3.8) is 0 Å². The summed E-state index contributed by atoms with van der Waals surface area (Å²) >= 11 is 0. The van der Waals surface area contributed by atoms with Crippen LogP contribution in [0.15, 0.2) is 47.6 Å². The van der Waals surface area contributed by atoms with E-state index in [2.05, 4.69) is 43.9 Å². The van der Waals surface area contributed by atoms with E-state index in [-0.39, 0.29) is 0 Å². The van der Waals surface area contributed by atoms with Crippen molar-refractivity contribution in [2.45, 2.75) is 13.5 Å². The molecule has 0 radical (unpaired) electrons. The van der Waals surface area contributed by atoms with Crippen LogP contribution < -0.4 is 4.90 Å².